The predicted octanol–water partition coefficient (Wildman–Crippen LogP) is 1.47. The molecule has 12 heteroatoms. The quantitative estimate of drug-likeness (QED) is 0.358. The predicted molar refractivity (Wildman–Crippen MR) is 110 cm³/mol. The number of nitro groups is 2. The minimum atomic E-state index is -2.27. The summed E-state index contributed by atoms with van der Waals surface area (Å²) in [5.74, 6) is -0.833. The molecule has 0 radical (unpaired) electrons. The van der Waals surface area contributed by atoms with Crippen LogP contribution in [-0.2, 0) is 23.5 Å². The standard InChI is InChI=1S/C20H15N5O7/c1-2-20(28)13-11(7-21-19(20)27)18(26)23-8-10-6-9-4-3-5-12(24(29)30)14(9)22-15(10)17(23)16(13)25(31)32/h3-6,28H,2,7-8H2,1H3,(H,21,27)/t20-/m0/s1. The maximum absolute atomic E-state index is 13.3. The van der Waals surface area contributed by atoms with Gasteiger partial charge in [-0.15, -0.1) is 0 Å². The molecular weight excluding hydrogens is 422 g/mol. The molecule has 2 aromatic heterocycles. The summed E-state index contributed by atoms with van der Waals surface area (Å²) < 4.78 is 1.17. The molecule has 4 heterocycles. The lowest BCUT2D eigenvalue weighted by Gasteiger charge is -2.32. The molecule has 2 aliphatic heterocycles. The summed E-state index contributed by atoms with van der Waals surface area (Å²) in [7, 11) is 0. The van der Waals surface area contributed by atoms with Crippen LogP contribution in [0, 0.1) is 20.2 Å². The molecule has 0 unspecified atom stereocenters. The number of pyridine rings is 2. The summed E-state index contributed by atoms with van der Waals surface area (Å²) in [5.41, 5.74) is -3.78. The summed E-state index contributed by atoms with van der Waals surface area (Å²) >= 11 is 0. The molecule has 2 N–H and O–H groups in total. The van der Waals surface area contributed by atoms with Crippen molar-refractivity contribution in [2.45, 2.75) is 32.0 Å². The van der Waals surface area contributed by atoms with E-state index in [1.807, 2.05) is 0 Å². The van der Waals surface area contributed by atoms with Crippen LogP contribution >= 0.6 is 0 Å². The van der Waals surface area contributed by atoms with Crippen molar-refractivity contribution in [2.75, 3.05) is 0 Å². The van der Waals surface area contributed by atoms with E-state index < -0.39 is 32.6 Å². The lowest BCUT2D eigenvalue weighted by molar-refractivity contribution is -0.386. The molecule has 1 amide bonds. The summed E-state index contributed by atoms with van der Waals surface area (Å²) in [6, 6.07) is 6.00. The molecule has 1 aromatic carbocycles. The van der Waals surface area contributed by atoms with Crippen LogP contribution in [0.15, 0.2) is 29.1 Å². The normalized spacial score (nSPS) is 18.6. The van der Waals surface area contributed by atoms with Gasteiger partial charge in [-0.2, -0.15) is 0 Å². The highest BCUT2D eigenvalue weighted by Gasteiger charge is 2.50. The number of nitrogens with one attached hydrogen (secondary N) is 1. The maximum atomic E-state index is 13.3. The Morgan fingerprint density at radius 3 is 2.66 bits per heavy atom. The second-order valence-corrected chi connectivity index (χ2v) is 7.70. The van der Waals surface area contributed by atoms with E-state index in [0.717, 1.165) is 0 Å². The zero-order valence-electron chi connectivity index (χ0n) is 16.6. The first-order chi connectivity index (χ1) is 15.2. The van der Waals surface area contributed by atoms with Crippen LogP contribution in [0.1, 0.15) is 30.0 Å². The van der Waals surface area contributed by atoms with E-state index in [9.17, 15) is 34.9 Å². The summed E-state index contributed by atoms with van der Waals surface area (Å²) in [4.78, 5) is 52.4. The van der Waals surface area contributed by atoms with Crippen LogP contribution in [0.5, 0.6) is 0 Å². The smallest absolute Gasteiger partial charge is 0.302 e. The summed E-state index contributed by atoms with van der Waals surface area (Å²) in [5, 5.41) is 37.6. The van der Waals surface area contributed by atoms with Crippen LogP contribution in [0.4, 0.5) is 11.4 Å². The highest BCUT2D eigenvalue weighted by atomic mass is 16.6. The average molecular weight is 437 g/mol. The van der Waals surface area contributed by atoms with Crippen molar-refractivity contribution >= 4 is 28.2 Å². The van der Waals surface area contributed by atoms with Crippen molar-refractivity contribution < 1.29 is 19.7 Å². The number of benzene rings is 1. The lowest BCUT2D eigenvalue weighted by Crippen LogP contribution is -2.51. The van der Waals surface area contributed by atoms with Crippen molar-refractivity contribution in [3.05, 3.63) is 71.5 Å². The number of nitrogens with zero attached hydrogens (tertiary/aromatic N) is 4. The molecular formula is C20H15N5O7. The molecule has 32 heavy (non-hydrogen) atoms. The fraction of sp³-hybridized carbons (Fsp3) is 0.250. The Morgan fingerprint density at radius 2 is 2.00 bits per heavy atom. The van der Waals surface area contributed by atoms with Crippen molar-refractivity contribution in [2.24, 2.45) is 0 Å². The van der Waals surface area contributed by atoms with E-state index in [-0.39, 0.29) is 53.2 Å². The van der Waals surface area contributed by atoms with Gasteiger partial charge in [-0.3, -0.25) is 34.4 Å². The SMILES string of the molecule is CC[C@@]1(O)C(=O)NCc2c1c([N+](=O)[O-])c1n(c2=O)Cc2cc3cccc([N+](=O)[O-])c3nc2-1. The van der Waals surface area contributed by atoms with Gasteiger partial charge < -0.3 is 10.4 Å². The molecule has 0 saturated carbocycles. The van der Waals surface area contributed by atoms with Crippen molar-refractivity contribution in [1.82, 2.24) is 14.9 Å². The fourth-order valence-corrected chi connectivity index (χ4v) is 4.57. The number of para-hydroxylation sites is 1. The Morgan fingerprint density at radius 1 is 1.25 bits per heavy atom. The molecule has 0 saturated heterocycles. The molecule has 162 valence electrons. The van der Waals surface area contributed by atoms with Crippen LogP contribution in [0.25, 0.3) is 22.3 Å². The first kappa shape index (κ1) is 19.8. The van der Waals surface area contributed by atoms with Gasteiger partial charge in [0, 0.05) is 23.6 Å². The number of non-ortho nitro benzene ring substituents is 1. The Balaban J connectivity index is 1.93. The second-order valence-electron chi connectivity index (χ2n) is 7.70. The molecule has 0 spiro atoms. The van der Waals surface area contributed by atoms with Gasteiger partial charge in [-0.1, -0.05) is 19.1 Å². The number of nitro benzene ring substituents is 1. The van der Waals surface area contributed by atoms with Gasteiger partial charge in [0.25, 0.3) is 17.2 Å². The monoisotopic (exact) mass is 437 g/mol. The molecule has 0 bridgehead atoms. The van der Waals surface area contributed by atoms with Gasteiger partial charge >= 0.3 is 5.69 Å². The second kappa shape index (κ2) is 6.40. The molecule has 1 atom stereocenters. The molecule has 0 aliphatic carbocycles. The number of carbonyl (C=O) groups excluding carboxylic acids is 1. The molecule has 3 aromatic rings. The van der Waals surface area contributed by atoms with Gasteiger partial charge in [0.15, 0.2) is 5.60 Å². The van der Waals surface area contributed by atoms with Gasteiger partial charge in [0.05, 0.1) is 33.2 Å². The van der Waals surface area contributed by atoms with Gasteiger partial charge in [0.1, 0.15) is 11.2 Å². The fourth-order valence-electron chi connectivity index (χ4n) is 4.57. The van der Waals surface area contributed by atoms with E-state index in [4.69, 9.17) is 0 Å². The third-order valence-corrected chi connectivity index (χ3v) is 6.10. The number of hydrogen-bond donors (Lipinski definition) is 2. The van der Waals surface area contributed by atoms with Crippen LogP contribution in [0.3, 0.4) is 0 Å². The molecule has 2 aliphatic rings. The van der Waals surface area contributed by atoms with E-state index in [0.29, 0.717) is 10.9 Å². The zero-order valence-corrected chi connectivity index (χ0v) is 16.6. The third kappa shape index (κ3) is 2.37. The molecule has 5 rings (SSSR count). The van der Waals surface area contributed by atoms with E-state index >= 15 is 0 Å². The van der Waals surface area contributed by atoms with Crippen LogP contribution < -0.4 is 10.9 Å². The van der Waals surface area contributed by atoms with Gasteiger partial charge in [-0.05, 0) is 12.5 Å². The number of aliphatic hydroxyl groups is 1. The molecule has 0 fully saturated rings. The Bertz CT molecular complexity index is 1460. The van der Waals surface area contributed by atoms with E-state index in [1.54, 1.807) is 12.1 Å². The summed E-state index contributed by atoms with van der Waals surface area (Å²) in [6.45, 7) is 1.20. The Hall–Kier alpha value is -4.19. The topological polar surface area (TPSA) is 170 Å². The Labute approximate surface area is 178 Å². The third-order valence-electron chi connectivity index (χ3n) is 6.10. The number of hydrogen-bond acceptors (Lipinski definition) is 8. The largest absolute Gasteiger partial charge is 0.375 e. The van der Waals surface area contributed by atoms with Crippen LogP contribution in [0.2, 0.25) is 0 Å². The minimum absolute atomic E-state index is 0.0210. The number of fused-ring (bicyclic) bond motifs is 5. The van der Waals surface area contributed by atoms with Gasteiger partial charge in [-0.25, -0.2) is 4.98 Å². The number of aromatic nitrogens is 2. The highest BCUT2D eigenvalue weighted by Crippen LogP contribution is 2.45. The summed E-state index contributed by atoms with van der Waals surface area (Å²) in [6.07, 6.45) is -0.195. The van der Waals surface area contributed by atoms with Crippen molar-refractivity contribution in [1.29, 1.82) is 0 Å². The van der Waals surface area contributed by atoms with Crippen LogP contribution in [-0.4, -0.2) is 30.4 Å². The first-order valence-electron chi connectivity index (χ1n) is 9.71. The number of amides is 1. The lowest BCUT2D eigenvalue weighted by atomic mass is 9.82. The van der Waals surface area contributed by atoms with Crippen molar-refractivity contribution in [3.8, 4) is 11.4 Å². The zero-order chi connectivity index (χ0) is 22.9. The molecule has 12 nitrogen and oxygen atoms in total. The number of rotatable bonds is 3. The maximum Gasteiger partial charge on any atom is 0.302 e. The van der Waals surface area contributed by atoms with Gasteiger partial charge in [0.2, 0.25) is 0 Å². The highest BCUT2D eigenvalue weighted by molar-refractivity contribution is 5.94. The Kier molecular flexibility index (Phi) is 3.95. The minimum Gasteiger partial charge on any atom is -0.375 e. The van der Waals surface area contributed by atoms with Crippen molar-refractivity contribution in [3.63, 3.8) is 0 Å². The number of carbonyl (C=O) groups is 1. The first-order valence-corrected chi connectivity index (χ1v) is 9.71. The average Bonchev–Trinajstić information content (AvgIpc) is 3.13. The van der Waals surface area contributed by atoms with E-state index in [1.165, 1.54) is 23.6 Å². The van der Waals surface area contributed by atoms with E-state index in [2.05, 4.69) is 10.3 Å².